The van der Waals surface area contributed by atoms with Crippen molar-refractivity contribution < 1.29 is 5.11 Å². The van der Waals surface area contributed by atoms with E-state index in [4.69, 9.17) is 0 Å². The van der Waals surface area contributed by atoms with Crippen molar-refractivity contribution in [2.24, 2.45) is 62.1 Å². The summed E-state index contributed by atoms with van der Waals surface area (Å²) in [6.07, 6.45) is 19.9. The van der Waals surface area contributed by atoms with E-state index in [0.717, 1.165) is 36.5 Å². The van der Waals surface area contributed by atoms with E-state index in [1.165, 1.54) is 57.8 Å². The molecule has 0 radical (unpaired) electrons. The van der Waals surface area contributed by atoms with E-state index < -0.39 is 0 Å². The van der Waals surface area contributed by atoms with Crippen molar-refractivity contribution in [3.8, 4) is 0 Å². The van der Waals surface area contributed by atoms with Gasteiger partial charge in [-0.25, -0.2) is 0 Å². The molecule has 0 bridgehead atoms. The van der Waals surface area contributed by atoms with Crippen LogP contribution in [0.5, 0.6) is 0 Å². The van der Waals surface area contributed by atoms with Gasteiger partial charge in [-0.2, -0.15) is 0 Å². The molecule has 6 rings (SSSR count). The smallest absolute Gasteiger partial charge is 0.0540 e. The van der Waals surface area contributed by atoms with Crippen molar-refractivity contribution in [3.05, 3.63) is 0 Å². The van der Waals surface area contributed by atoms with Gasteiger partial charge in [0.2, 0.25) is 0 Å². The molecule has 6 aliphatic carbocycles. The predicted octanol–water partition coefficient (Wildman–Crippen LogP) is 9.03. The number of fused-ring (bicyclic) bond motifs is 4. The second-order valence-electron chi connectivity index (χ2n) is 16.3. The summed E-state index contributed by atoms with van der Waals surface area (Å²) in [5.41, 5.74) is 3.58. The maximum atomic E-state index is 10.4. The Morgan fingerprint density at radius 2 is 1.56 bits per heavy atom. The summed E-state index contributed by atoms with van der Waals surface area (Å²) in [5, 5.41) is 10.4. The second kappa shape index (κ2) is 7.29. The zero-order chi connectivity index (χ0) is 24.4. The Hall–Kier alpha value is -0.0400. The molecular formula is C33H56O. The van der Waals surface area contributed by atoms with Crippen LogP contribution in [0.4, 0.5) is 0 Å². The van der Waals surface area contributed by atoms with E-state index in [9.17, 15) is 5.11 Å². The largest absolute Gasteiger partial charge is 0.393 e. The van der Waals surface area contributed by atoms with Crippen LogP contribution in [0.2, 0.25) is 0 Å². The predicted molar refractivity (Wildman–Crippen MR) is 142 cm³/mol. The van der Waals surface area contributed by atoms with Gasteiger partial charge >= 0.3 is 0 Å². The molecule has 1 nitrogen and oxygen atoms in total. The van der Waals surface area contributed by atoms with Gasteiger partial charge in [-0.15, -0.1) is 0 Å². The highest BCUT2D eigenvalue weighted by Crippen LogP contribution is 2.91. The van der Waals surface area contributed by atoms with Crippen molar-refractivity contribution in [1.29, 1.82) is 0 Å². The van der Waals surface area contributed by atoms with E-state index >= 15 is 0 Å². The van der Waals surface area contributed by atoms with E-state index in [2.05, 4.69) is 48.5 Å². The molecule has 6 fully saturated rings. The van der Waals surface area contributed by atoms with Gasteiger partial charge in [0.05, 0.1) is 6.10 Å². The summed E-state index contributed by atoms with van der Waals surface area (Å²) in [6, 6.07) is 0. The minimum absolute atomic E-state index is 0.0925. The molecule has 1 heteroatoms. The first-order valence-electron chi connectivity index (χ1n) is 15.6. The summed E-state index contributed by atoms with van der Waals surface area (Å²) in [5.74, 6) is 4.36. The summed E-state index contributed by atoms with van der Waals surface area (Å²) < 4.78 is 0. The molecular weight excluding hydrogens is 412 g/mol. The molecule has 0 aliphatic heterocycles. The fourth-order valence-corrected chi connectivity index (χ4v) is 13.6. The van der Waals surface area contributed by atoms with Gasteiger partial charge in [0.25, 0.3) is 0 Å². The normalized spacial score (nSPS) is 56.8. The van der Waals surface area contributed by atoms with E-state index in [1.807, 2.05) is 0 Å². The monoisotopic (exact) mass is 468 g/mol. The molecule has 11 unspecified atom stereocenters. The average molecular weight is 469 g/mol. The highest BCUT2D eigenvalue weighted by molar-refractivity contribution is 5.32. The van der Waals surface area contributed by atoms with E-state index in [-0.39, 0.29) is 6.10 Å². The molecule has 11 atom stereocenters. The number of hydrogen-bond acceptors (Lipinski definition) is 1. The van der Waals surface area contributed by atoms with Crippen LogP contribution in [0, 0.1) is 62.1 Å². The first-order valence-corrected chi connectivity index (χ1v) is 15.6. The lowest BCUT2D eigenvalue weighted by atomic mass is 9.34. The Morgan fingerprint density at radius 3 is 2.29 bits per heavy atom. The minimum atomic E-state index is -0.0925. The number of aliphatic hydroxyl groups excluding tert-OH is 1. The molecule has 0 saturated heterocycles. The highest BCUT2D eigenvalue weighted by atomic mass is 16.3. The van der Waals surface area contributed by atoms with Crippen molar-refractivity contribution >= 4 is 0 Å². The van der Waals surface area contributed by atoms with Gasteiger partial charge < -0.3 is 5.11 Å². The number of rotatable bonds is 4. The molecule has 1 N–H and O–H groups in total. The number of hydrogen-bond donors (Lipinski definition) is 1. The lowest BCUT2D eigenvalue weighted by Gasteiger charge is -2.70. The molecule has 0 aromatic heterocycles. The van der Waals surface area contributed by atoms with Crippen LogP contribution < -0.4 is 0 Å². The molecule has 2 spiro atoms. The first kappa shape index (κ1) is 24.3. The van der Waals surface area contributed by atoms with Gasteiger partial charge in [-0.1, -0.05) is 54.9 Å². The Kier molecular flexibility index (Phi) is 5.21. The third-order valence-corrected chi connectivity index (χ3v) is 15.4. The maximum absolute atomic E-state index is 10.4. The minimum Gasteiger partial charge on any atom is -0.393 e. The fraction of sp³-hybridized carbons (Fsp3) is 1.00. The van der Waals surface area contributed by atoms with Crippen molar-refractivity contribution in [1.82, 2.24) is 0 Å². The molecule has 34 heavy (non-hydrogen) atoms. The van der Waals surface area contributed by atoms with Gasteiger partial charge in [0, 0.05) is 0 Å². The SMILES string of the molecule is CCC(O)CC(C)C1CCC2(C)C1CCC1(C)C2CCC23CC24CCCC(C)(C)C4CCC13C. The zero-order valence-corrected chi connectivity index (χ0v) is 23.8. The van der Waals surface area contributed by atoms with Crippen LogP contribution >= 0.6 is 0 Å². The molecule has 0 aromatic rings. The first-order chi connectivity index (χ1) is 15.9. The average Bonchev–Trinajstić information content (AvgIpc) is 3.29. The Labute approximate surface area is 211 Å². The Bertz CT molecular complexity index is 830. The summed E-state index contributed by atoms with van der Waals surface area (Å²) in [6.45, 7) is 18.3. The van der Waals surface area contributed by atoms with Gasteiger partial charge in [-0.05, 0) is 146 Å². The van der Waals surface area contributed by atoms with Crippen molar-refractivity contribution in [2.75, 3.05) is 0 Å². The molecule has 0 heterocycles. The number of aliphatic hydroxyl groups is 1. The lowest BCUT2D eigenvalue weighted by Crippen LogP contribution is -2.63. The standard InChI is InChI=1S/C33H56O/c1-8-23(34)20-22(2)24-10-16-29(5)25(24)11-17-30(6)27(29)13-19-33-21-32(33)15-9-14-28(3,4)26(32)12-18-31(30,33)7/h22-27,34H,8-21H2,1-7H3. The quantitative estimate of drug-likeness (QED) is 0.436. The van der Waals surface area contributed by atoms with Gasteiger partial charge in [0.15, 0.2) is 0 Å². The van der Waals surface area contributed by atoms with Crippen LogP contribution in [0.3, 0.4) is 0 Å². The van der Waals surface area contributed by atoms with Gasteiger partial charge in [-0.3, -0.25) is 0 Å². The third kappa shape index (κ3) is 2.68. The molecule has 194 valence electrons. The van der Waals surface area contributed by atoms with E-state index in [0.29, 0.717) is 38.4 Å². The molecule has 6 saturated carbocycles. The lowest BCUT2D eigenvalue weighted by molar-refractivity contribution is -0.219. The van der Waals surface area contributed by atoms with Crippen molar-refractivity contribution in [2.45, 2.75) is 144 Å². The Morgan fingerprint density at radius 1 is 0.824 bits per heavy atom. The van der Waals surface area contributed by atoms with Crippen LogP contribution in [-0.2, 0) is 0 Å². The second-order valence-corrected chi connectivity index (χ2v) is 16.3. The van der Waals surface area contributed by atoms with Crippen LogP contribution in [0.15, 0.2) is 0 Å². The van der Waals surface area contributed by atoms with Crippen molar-refractivity contribution in [3.63, 3.8) is 0 Å². The maximum Gasteiger partial charge on any atom is 0.0540 e. The summed E-state index contributed by atoms with van der Waals surface area (Å²) in [7, 11) is 0. The fourth-order valence-electron chi connectivity index (χ4n) is 13.6. The van der Waals surface area contributed by atoms with E-state index in [1.54, 1.807) is 19.3 Å². The molecule has 0 aromatic carbocycles. The summed E-state index contributed by atoms with van der Waals surface area (Å²) in [4.78, 5) is 0. The molecule has 6 aliphatic rings. The topological polar surface area (TPSA) is 20.2 Å². The van der Waals surface area contributed by atoms with Crippen LogP contribution in [-0.4, -0.2) is 11.2 Å². The highest BCUT2D eigenvalue weighted by Gasteiger charge is 2.84. The Balaban J connectivity index is 1.31. The summed E-state index contributed by atoms with van der Waals surface area (Å²) >= 11 is 0. The van der Waals surface area contributed by atoms with Crippen LogP contribution in [0.1, 0.15) is 138 Å². The third-order valence-electron chi connectivity index (χ3n) is 15.4. The van der Waals surface area contributed by atoms with Crippen LogP contribution in [0.25, 0.3) is 0 Å². The zero-order valence-electron chi connectivity index (χ0n) is 23.8. The molecule has 0 amide bonds. The van der Waals surface area contributed by atoms with Gasteiger partial charge in [0.1, 0.15) is 0 Å².